The molecule has 0 saturated carbocycles. The predicted molar refractivity (Wildman–Crippen MR) is 289 cm³/mol. The highest BCUT2D eigenvalue weighted by molar-refractivity contribution is 7.99. The van der Waals surface area contributed by atoms with Gasteiger partial charge in [-0.2, -0.15) is 0 Å². The first kappa shape index (κ1) is 37.4. The van der Waals surface area contributed by atoms with E-state index in [2.05, 4.69) is 228 Å². The molecule has 12 aromatic carbocycles. The molecule has 314 valence electrons. The topological polar surface area (TPSA) is 13.1 Å². The van der Waals surface area contributed by atoms with Gasteiger partial charge >= 0.3 is 0 Å². The van der Waals surface area contributed by atoms with Gasteiger partial charge in [0.1, 0.15) is 0 Å². The van der Waals surface area contributed by atoms with E-state index in [1.54, 1.807) is 0 Å². The molecule has 0 N–H and O–H groups in total. The molecule has 0 bridgehead atoms. The summed E-state index contributed by atoms with van der Waals surface area (Å²) in [7, 11) is 0. The quantitative estimate of drug-likeness (QED) is 0.130. The molecular weight excluding hydrogens is 851 g/mol. The number of nitrogens with zero attached hydrogens (tertiary/aromatic N) is 3. The summed E-state index contributed by atoms with van der Waals surface area (Å²) in [6.07, 6.45) is 0. The van der Waals surface area contributed by atoms with E-state index >= 15 is 0 Å². The third-order valence-corrected chi connectivity index (χ3v) is 16.5. The van der Waals surface area contributed by atoms with Crippen LogP contribution >= 0.6 is 23.1 Å². The van der Waals surface area contributed by atoms with Gasteiger partial charge < -0.3 is 14.0 Å². The van der Waals surface area contributed by atoms with Crippen LogP contribution in [0.5, 0.6) is 0 Å². The van der Waals surface area contributed by atoms with Gasteiger partial charge in [-0.05, 0) is 170 Å². The van der Waals surface area contributed by atoms with Crippen molar-refractivity contribution in [1.82, 2.24) is 9.13 Å². The Labute approximate surface area is 394 Å². The molecule has 1 aliphatic heterocycles. The standard InChI is InChI=1S/C62H39N3S2/c1-36-28-37(2)30-45(29-36)65-53-35-54-59(34-49(53)62-48-25-22-39-11-9-10-38-18-21-42(33-55(62)65)61(48)60(38)39)67-58-17-8-5-14-52(58)64(54)44-24-27-47-41(32-44)20-19-40-31-43(23-26-46(40)47)63-50-12-3-6-15-56(50)66-57-16-7-4-13-51(57)63/h3-35H,1-2H3. The number of anilines is 3. The number of para-hydroxylation sites is 3. The Hall–Kier alpha value is -7.83. The highest BCUT2D eigenvalue weighted by Crippen LogP contribution is 2.52. The van der Waals surface area contributed by atoms with Crippen molar-refractivity contribution in [2.24, 2.45) is 0 Å². The Balaban J connectivity index is 0.968. The van der Waals surface area contributed by atoms with E-state index in [0.717, 1.165) is 5.69 Å². The SMILES string of the molecule is Cc1cc(C)cc(-n2c3cc4c(cc3c3c5ccc6cccc7ccc(cc32)c5c76)sc2ccccc2n4-c2ccc3c(ccc4cc(N5c6ccccc6Sc6ccccc65)ccc43)c2)c1. The Kier molecular flexibility index (Phi) is 7.73. The molecular formula is C62H39N3S2. The monoisotopic (exact) mass is 889 g/mol. The average Bonchev–Trinajstić information content (AvgIpc) is 3.67. The van der Waals surface area contributed by atoms with Crippen LogP contribution in [-0.2, 0) is 0 Å². The summed E-state index contributed by atoms with van der Waals surface area (Å²) in [4.78, 5) is 4.96. The number of hydrogen-bond donors (Lipinski definition) is 0. The van der Waals surface area contributed by atoms with Crippen molar-refractivity contribution < 1.29 is 0 Å². The summed E-state index contributed by atoms with van der Waals surface area (Å²) in [5.74, 6) is 0. The summed E-state index contributed by atoms with van der Waals surface area (Å²) in [6.45, 7) is 4.43. The van der Waals surface area contributed by atoms with Crippen molar-refractivity contribution in [3.8, 4) is 11.4 Å². The zero-order valence-corrected chi connectivity index (χ0v) is 38.3. The number of aromatic nitrogens is 2. The maximum atomic E-state index is 2.53. The summed E-state index contributed by atoms with van der Waals surface area (Å²) in [6, 6.07) is 75.4. The van der Waals surface area contributed by atoms with Crippen LogP contribution in [0.2, 0.25) is 0 Å². The number of aryl methyl sites for hydroxylation is 2. The van der Waals surface area contributed by atoms with Crippen LogP contribution < -0.4 is 4.90 Å². The fraction of sp³-hybridized carbons (Fsp3) is 0.0323. The molecule has 0 radical (unpaired) electrons. The van der Waals surface area contributed by atoms with Gasteiger partial charge in [-0.3, -0.25) is 0 Å². The van der Waals surface area contributed by atoms with E-state index in [-0.39, 0.29) is 0 Å². The lowest BCUT2D eigenvalue weighted by molar-refractivity contribution is 1.15. The van der Waals surface area contributed by atoms with Crippen LogP contribution in [0.25, 0.3) is 107 Å². The van der Waals surface area contributed by atoms with Gasteiger partial charge in [0, 0.05) is 37.6 Å². The van der Waals surface area contributed by atoms with Crippen molar-refractivity contribution >= 4 is 136 Å². The van der Waals surface area contributed by atoms with E-state index < -0.39 is 0 Å². The minimum atomic E-state index is 1.15. The molecule has 5 heteroatoms. The summed E-state index contributed by atoms with van der Waals surface area (Å²) >= 11 is 3.73. The number of hydrogen-bond acceptors (Lipinski definition) is 3. The number of benzene rings is 12. The normalized spacial score (nSPS) is 12.8. The molecule has 2 aromatic heterocycles. The second-order valence-corrected chi connectivity index (χ2v) is 20.5. The fourth-order valence-corrected chi connectivity index (χ4v) is 13.6. The molecule has 0 unspecified atom stereocenters. The Morgan fingerprint density at radius 1 is 0.328 bits per heavy atom. The van der Waals surface area contributed by atoms with E-state index in [9.17, 15) is 0 Å². The van der Waals surface area contributed by atoms with Gasteiger partial charge in [-0.25, -0.2) is 0 Å². The lowest BCUT2D eigenvalue weighted by Gasteiger charge is -2.33. The second-order valence-electron chi connectivity index (χ2n) is 18.3. The molecule has 0 atom stereocenters. The lowest BCUT2D eigenvalue weighted by Crippen LogP contribution is -2.14. The van der Waals surface area contributed by atoms with Crippen LogP contribution in [0.1, 0.15) is 11.1 Å². The van der Waals surface area contributed by atoms with Crippen molar-refractivity contribution in [2.45, 2.75) is 23.6 Å². The highest BCUT2D eigenvalue weighted by atomic mass is 32.2. The third-order valence-electron chi connectivity index (χ3n) is 14.2. The van der Waals surface area contributed by atoms with Gasteiger partial charge in [0.25, 0.3) is 0 Å². The third kappa shape index (κ3) is 5.41. The van der Waals surface area contributed by atoms with Gasteiger partial charge in [-0.15, -0.1) is 11.3 Å². The predicted octanol–water partition coefficient (Wildman–Crippen LogP) is 18.3. The van der Waals surface area contributed by atoms with E-state index in [1.165, 1.54) is 140 Å². The maximum absolute atomic E-state index is 2.53. The Morgan fingerprint density at radius 2 is 0.940 bits per heavy atom. The van der Waals surface area contributed by atoms with Crippen LogP contribution in [-0.4, -0.2) is 9.13 Å². The van der Waals surface area contributed by atoms with E-state index in [4.69, 9.17) is 0 Å². The first-order valence-corrected chi connectivity index (χ1v) is 24.6. The summed E-state index contributed by atoms with van der Waals surface area (Å²) in [5, 5.41) is 15.4. The van der Waals surface area contributed by atoms with E-state index in [0.29, 0.717) is 0 Å². The Bertz CT molecular complexity index is 4390. The molecule has 3 nitrogen and oxygen atoms in total. The van der Waals surface area contributed by atoms with Gasteiger partial charge in [0.05, 0.1) is 42.8 Å². The van der Waals surface area contributed by atoms with Crippen molar-refractivity contribution in [3.63, 3.8) is 0 Å². The molecule has 0 aliphatic carbocycles. The maximum Gasteiger partial charge on any atom is 0.0655 e. The lowest BCUT2D eigenvalue weighted by atomic mass is 9.92. The van der Waals surface area contributed by atoms with Crippen molar-refractivity contribution in [1.29, 1.82) is 0 Å². The van der Waals surface area contributed by atoms with Crippen LogP contribution in [0, 0.1) is 13.8 Å². The molecule has 0 amide bonds. The molecule has 3 heterocycles. The second kappa shape index (κ2) is 13.8. The summed E-state index contributed by atoms with van der Waals surface area (Å²) < 4.78 is 7.53. The minimum absolute atomic E-state index is 1.15. The smallest absolute Gasteiger partial charge is 0.0655 e. The van der Waals surface area contributed by atoms with Gasteiger partial charge in [0.15, 0.2) is 0 Å². The Morgan fingerprint density at radius 3 is 1.70 bits per heavy atom. The number of fused-ring (bicyclic) bond motifs is 11. The molecule has 1 aliphatic rings. The van der Waals surface area contributed by atoms with Crippen LogP contribution in [0.3, 0.4) is 0 Å². The molecule has 0 spiro atoms. The highest BCUT2D eigenvalue weighted by Gasteiger charge is 2.25. The van der Waals surface area contributed by atoms with E-state index in [1.807, 2.05) is 23.1 Å². The molecule has 0 saturated heterocycles. The molecule has 14 aromatic rings. The molecule has 67 heavy (non-hydrogen) atoms. The van der Waals surface area contributed by atoms with Crippen molar-refractivity contribution in [3.05, 3.63) is 211 Å². The molecule has 15 rings (SSSR count). The largest absolute Gasteiger partial charge is 0.309 e. The van der Waals surface area contributed by atoms with Crippen LogP contribution in [0.15, 0.2) is 210 Å². The minimum Gasteiger partial charge on any atom is -0.309 e. The fourth-order valence-electron chi connectivity index (χ4n) is 11.5. The first-order chi connectivity index (χ1) is 33.0. The number of rotatable bonds is 3. The first-order valence-electron chi connectivity index (χ1n) is 23.0. The zero-order chi connectivity index (χ0) is 44.1. The summed E-state index contributed by atoms with van der Waals surface area (Å²) in [5.41, 5.74) is 13.3. The molecule has 0 fully saturated rings. The van der Waals surface area contributed by atoms with Crippen LogP contribution in [0.4, 0.5) is 17.1 Å². The zero-order valence-electron chi connectivity index (χ0n) is 36.7. The van der Waals surface area contributed by atoms with Gasteiger partial charge in [0.2, 0.25) is 0 Å². The van der Waals surface area contributed by atoms with Gasteiger partial charge in [-0.1, -0.05) is 121 Å². The van der Waals surface area contributed by atoms with Crippen molar-refractivity contribution in [2.75, 3.05) is 4.90 Å². The average molecular weight is 890 g/mol.